The molecule has 0 radical (unpaired) electrons. The van der Waals surface area contributed by atoms with Crippen LogP contribution in [0.1, 0.15) is 34.6 Å². The van der Waals surface area contributed by atoms with Crippen molar-refractivity contribution in [2.75, 3.05) is 0 Å². The molecular formula is C11H23ClRu. The van der Waals surface area contributed by atoms with Crippen LogP contribution >= 0.6 is 9.69 Å². The van der Waals surface area contributed by atoms with Gasteiger partial charge in [-0.05, 0) is 29.6 Å². The molecule has 0 aliphatic heterocycles. The van der Waals surface area contributed by atoms with Crippen molar-refractivity contribution in [1.29, 1.82) is 0 Å². The molecule has 0 saturated heterocycles. The van der Waals surface area contributed by atoms with Crippen molar-refractivity contribution in [3.05, 3.63) is 7.43 Å². The Bertz CT molecular complexity index is 82.4. The van der Waals surface area contributed by atoms with Crippen LogP contribution in [0.15, 0.2) is 0 Å². The third-order valence-corrected chi connectivity index (χ3v) is 4.15. The second-order valence-electron chi connectivity index (χ2n) is 4.30. The van der Waals surface area contributed by atoms with Gasteiger partial charge in [0.15, 0.2) is 0 Å². The van der Waals surface area contributed by atoms with E-state index in [1.807, 2.05) is 17.3 Å². The normalized spacial score (nSPS) is 43.2. The van der Waals surface area contributed by atoms with Crippen molar-refractivity contribution < 1.29 is 17.3 Å². The molecule has 13 heavy (non-hydrogen) atoms. The molecule has 0 unspecified atom stereocenters. The fourth-order valence-corrected chi connectivity index (χ4v) is 2.39. The number of halogens is 1. The first kappa shape index (κ1) is 16.3. The molecule has 1 saturated carbocycles. The van der Waals surface area contributed by atoms with E-state index < -0.39 is 0 Å². The van der Waals surface area contributed by atoms with Gasteiger partial charge in [-0.25, -0.2) is 0 Å². The predicted molar refractivity (Wildman–Crippen MR) is 58.1 cm³/mol. The Labute approximate surface area is 98.5 Å². The maximum absolute atomic E-state index is 4.57. The summed E-state index contributed by atoms with van der Waals surface area (Å²) >= 11 is 1.82. The zero-order chi connectivity index (χ0) is 9.89. The average Bonchev–Trinajstić information content (AvgIpc) is 2.27. The van der Waals surface area contributed by atoms with E-state index in [4.69, 9.17) is 0 Å². The van der Waals surface area contributed by atoms with Crippen LogP contribution in [0.25, 0.3) is 0 Å². The number of hydrogen-bond donors (Lipinski definition) is 0. The summed E-state index contributed by atoms with van der Waals surface area (Å²) in [6.45, 7) is 12.0. The molecule has 0 nitrogen and oxygen atoms in total. The zero-order valence-electron chi connectivity index (χ0n) is 9.62. The van der Waals surface area contributed by atoms with Gasteiger partial charge < -0.3 is 7.43 Å². The van der Waals surface area contributed by atoms with Gasteiger partial charge in [0.25, 0.3) is 0 Å². The van der Waals surface area contributed by atoms with Crippen LogP contribution < -0.4 is 0 Å². The van der Waals surface area contributed by atoms with E-state index in [2.05, 4.69) is 44.3 Å². The standard InChI is InChI=1S/C10H20.CH3.ClH.Ru/c1-6-7(2)9(4)10(5)8(6)3;;;/h6-10H,1-5H3;1H3;1H;/q;-1;;+2/p-1. The Morgan fingerprint density at radius 1 is 0.615 bits per heavy atom. The van der Waals surface area contributed by atoms with Gasteiger partial charge >= 0.3 is 27.0 Å². The van der Waals surface area contributed by atoms with Crippen LogP contribution in [-0.2, 0) is 17.3 Å². The molecule has 0 aromatic heterocycles. The molecule has 0 aromatic rings. The van der Waals surface area contributed by atoms with E-state index in [0.717, 1.165) is 29.6 Å². The van der Waals surface area contributed by atoms with Crippen LogP contribution in [0.3, 0.4) is 0 Å². The molecule has 0 atom stereocenters. The predicted octanol–water partition coefficient (Wildman–Crippen LogP) is 4.32. The minimum atomic E-state index is 0. The summed E-state index contributed by atoms with van der Waals surface area (Å²) in [5, 5.41) is 0. The molecular weight excluding hydrogens is 269 g/mol. The van der Waals surface area contributed by atoms with E-state index >= 15 is 0 Å². The molecule has 0 heterocycles. The summed E-state index contributed by atoms with van der Waals surface area (Å²) in [6.07, 6.45) is 0. The van der Waals surface area contributed by atoms with Crippen molar-refractivity contribution in [2.24, 2.45) is 29.6 Å². The van der Waals surface area contributed by atoms with Crippen LogP contribution in [0, 0.1) is 37.0 Å². The molecule has 0 aromatic carbocycles. The fraction of sp³-hybridized carbons (Fsp3) is 0.909. The minimum absolute atomic E-state index is 0. The summed E-state index contributed by atoms with van der Waals surface area (Å²) in [7, 11) is 4.57. The Morgan fingerprint density at radius 3 is 0.769 bits per heavy atom. The van der Waals surface area contributed by atoms with Crippen molar-refractivity contribution in [2.45, 2.75) is 34.6 Å². The molecule has 0 bridgehead atoms. The second-order valence-corrected chi connectivity index (χ2v) is 4.30. The molecule has 1 fully saturated rings. The van der Waals surface area contributed by atoms with Gasteiger partial charge in [-0.1, -0.05) is 34.6 Å². The molecule has 0 N–H and O–H groups in total. The molecule has 2 heteroatoms. The first-order valence-electron chi connectivity index (χ1n) is 4.69. The first-order chi connectivity index (χ1) is 5.55. The Hall–Kier alpha value is 0.913. The van der Waals surface area contributed by atoms with Gasteiger partial charge in [0.1, 0.15) is 0 Å². The molecule has 1 rings (SSSR count). The van der Waals surface area contributed by atoms with Crippen molar-refractivity contribution in [3.63, 3.8) is 0 Å². The van der Waals surface area contributed by atoms with Crippen molar-refractivity contribution >= 4 is 9.69 Å². The van der Waals surface area contributed by atoms with Gasteiger partial charge in [-0.15, -0.1) is 0 Å². The monoisotopic (exact) mass is 292 g/mol. The topological polar surface area (TPSA) is 0 Å². The summed E-state index contributed by atoms with van der Waals surface area (Å²) in [6, 6.07) is 0. The molecule has 82 valence electrons. The third kappa shape index (κ3) is 3.52. The Morgan fingerprint density at radius 2 is 0.692 bits per heavy atom. The Kier molecular flexibility index (Phi) is 9.10. The van der Waals surface area contributed by atoms with Gasteiger partial charge in [0.05, 0.1) is 0 Å². The average molecular weight is 292 g/mol. The third-order valence-electron chi connectivity index (χ3n) is 4.15. The summed E-state index contributed by atoms with van der Waals surface area (Å²) in [5.41, 5.74) is 0. The van der Waals surface area contributed by atoms with E-state index in [9.17, 15) is 0 Å². The number of hydrogen-bond acceptors (Lipinski definition) is 0. The van der Waals surface area contributed by atoms with Crippen molar-refractivity contribution in [3.8, 4) is 0 Å². The Balaban J connectivity index is 0. The van der Waals surface area contributed by atoms with E-state index in [-0.39, 0.29) is 7.43 Å². The molecule has 1 aliphatic carbocycles. The van der Waals surface area contributed by atoms with Gasteiger partial charge in [-0.3, -0.25) is 0 Å². The van der Waals surface area contributed by atoms with Crippen LogP contribution in [-0.4, -0.2) is 0 Å². The van der Waals surface area contributed by atoms with Crippen LogP contribution in [0.5, 0.6) is 0 Å². The number of rotatable bonds is 0. The second kappa shape index (κ2) is 7.24. The van der Waals surface area contributed by atoms with Gasteiger partial charge in [0, 0.05) is 0 Å². The summed E-state index contributed by atoms with van der Waals surface area (Å²) in [4.78, 5) is 0. The summed E-state index contributed by atoms with van der Waals surface area (Å²) in [5.74, 6) is 4.68. The fourth-order valence-electron chi connectivity index (χ4n) is 2.39. The van der Waals surface area contributed by atoms with E-state index in [0.29, 0.717) is 0 Å². The van der Waals surface area contributed by atoms with Gasteiger partial charge in [0.2, 0.25) is 0 Å². The van der Waals surface area contributed by atoms with Crippen LogP contribution in [0.4, 0.5) is 0 Å². The molecule has 0 amide bonds. The SMILES string of the molecule is CC1C(C)C(C)C(C)C1C.[CH3-].[Cl][Ru+]. The first-order valence-corrected chi connectivity index (χ1v) is 6.93. The van der Waals surface area contributed by atoms with Crippen LogP contribution in [0.2, 0.25) is 0 Å². The van der Waals surface area contributed by atoms with E-state index in [1.165, 1.54) is 0 Å². The summed E-state index contributed by atoms with van der Waals surface area (Å²) < 4.78 is 0. The zero-order valence-corrected chi connectivity index (χ0v) is 12.1. The molecule has 0 spiro atoms. The van der Waals surface area contributed by atoms with Crippen molar-refractivity contribution in [1.82, 2.24) is 0 Å². The molecule has 1 aliphatic rings. The van der Waals surface area contributed by atoms with Gasteiger partial charge in [-0.2, -0.15) is 0 Å². The maximum atomic E-state index is 4.57. The quantitative estimate of drug-likeness (QED) is 0.461. The van der Waals surface area contributed by atoms with E-state index in [1.54, 1.807) is 0 Å².